The Morgan fingerprint density at radius 3 is 2.29 bits per heavy atom. The number of carbonyl (C=O) groups excluding carboxylic acids is 2. The normalized spacial score (nSPS) is 18.2. The molecule has 2 aliphatic heterocycles. The van der Waals surface area contributed by atoms with Crippen molar-refractivity contribution < 1.29 is 28.2 Å². The summed E-state index contributed by atoms with van der Waals surface area (Å²) in [6.45, 7) is 5.76. The lowest BCUT2D eigenvalue weighted by Crippen LogP contribution is -2.50. The number of amides is 1. The lowest BCUT2D eigenvalue weighted by molar-refractivity contribution is 0.0600. The van der Waals surface area contributed by atoms with Crippen molar-refractivity contribution in [2.45, 2.75) is 51.0 Å². The molecule has 296 valence electrons. The van der Waals surface area contributed by atoms with E-state index in [-0.39, 0.29) is 28.8 Å². The molecule has 56 heavy (non-hydrogen) atoms. The first kappa shape index (κ1) is 41.0. The van der Waals surface area contributed by atoms with Gasteiger partial charge in [-0.15, -0.1) is 0 Å². The minimum Gasteiger partial charge on any atom is -0.493 e. The molecule has 3 aromatic carbocycles. The monoisotopic (exact) mass is 802 g/mol. The Balaban J connectivity index is 1.17. The van der Waals surface area contributed by atoms with E-state index in [0.717, 1.165) is 55.7 Å². The molecule has 4 aromatic rings. The first-order valence-electron chi connectivity index (χ1n) is 19.0. The largest absolute Gasteiger partial charge is 0.493 e. The highest BCUT2D eigenvalue weighted by Crippen LogP contribution is 2.42. The number of piperidine rings is 2. The first-order valence-corrected chi connectivity index (χ1v) is 19.8. The molecule has 2 fully saturated rings. The molecule has 0 aliphatic carbocycles. The van der Waals surface area contributed by atoms with Gasteiger partial charge in [0, 0.05) is 36.5 Å². The molecule has 1 aromatic heterocycles. The van der Waals surface area contributed by atoms with E-state index in [1.807, 2.05) is 58.9 Å². The van der Waals surface area contributed by atoms with Crippen LogP contribution in [0.4, 0.5) is 4.39 Å². The summed E-state index contributed by atoms with van der Waals surface area (Å²) >= 11 is 13.0. The van der Waals surface area contributed by atoms with Gasteiger partial charge in [0.2, 0.25) is 11.5 Å². The van der Waals surface area contributed by atoms with Crippen LogP contribution in [0.25, 0.3) is 6.08 Å². The summed E-state index contributed by atoms with van der Waals surface area (Å²) in [6.07, 6.45) is 13.3. The summed E-state index contributed by atoms with van der Waals surface area (Å²) in [4.78, 5) is 37.2. The van der Waals surface area contributed by atoms with Crippen LogP contribution in [-0.2, 0) is 12.0 Å². The Kier molecular flexibility index (Phi) is 13.6. The molecule has 2 aliphatic rings. The molecule has 1 atom stereocenters. The summed E-state index contributed by atoms with van der Waals surface area (Å²) in [6, 6.07) is 15.5. The van der Waals surface area contributed by atoms with E-state index < -0.39 is 0 Å². The predicted octanol–water partition coefficient (Wildman–Crippen LogP) is 9.15. The predicted molar refractivity (Wildman–Crippen MR) is 219 cm³/mol. The molecule has 1 unspecified atom stereocenters. The molecule has 0 N–H and O–H groups in total. The number of ether oxygens (including phenoxy) is 3. The van der Waals surface area contributed by atoms with E-state index >= 15 is 0 Å². The number of likely N-dealkylation sites (tertiary alicyclic amines) is 2. The molecule has 0 spiro atoms. The second kappa shape index (κ2) is 18.5. The van der Waals surface area contributed by atoms with Crippen molar-refractivity contribution in [2.75, 3.05) is 54.1 Å². The van der Waals surface area contributed by atoms with Gasteiger partial charge < -0.3 is 28.6 Å². The molecule has 9 nitrogen and oxygen atoms in total. The highest BCUT2D eigenvalue weighted by atomic mass is 35.5. The Labute approximate surface area is 338 Å². The number of carbonyl (C=O) groups is 2. The number of halogens is 3. The van der Waals surface area contributed by atoms with Crippen molar-refractivity contribution in [1.29, 1.82) is 0 Å². The molecule has 0 bridgehead atoms. The van der Waals surface area contributed by atoms with E-state index in [4.69, 9.17) is 37.4 Å². The minimum atomic E-state index is -0.378. The fourth-order valence-electron chi connectivity index (χ4n) is 8.00. The van der Waals surface area contributed by atoms with Gasteiger partial charge in [0.1, 0.15) is 5.82 Å². The van der Waals surface area contributed by atoms with Gasteiger partial charge in [-0.05, 0) is 112 Å². The number of aromatic nitrogens is 2. The number of hydrogen-bond acceptors (Lipinski definition) is 7. The fourth-order valence-corrected chi connectivity index (χ4v) is 8.30. The number of rotatable bonds is 14. The van der Waals surface area contributed by atoms with E-state index in [0.29, 0.717) is 71.2 Å². The standard InChI is InChI=1S/C44H49Cl2FN4O5/c1-5-6-7-9-35-27-48-42(51(35)28-30-10-13-34(47)14-11-30)40(52)31-16-21-49(22-17-31)23-19-44(33-12-15-36(45)37(46)26-33)18-8-20-50(29-44)43(53)32-24-38(54-2)41(56-4)39(25-32)55-3/h5-7,9-15,24-27,31H,8,16-23,28-29H2,1-4H3/b6-5+,9-7+. The Morgan fingerprint density at radius 2 is 1.64 bits per heavy atom. The third-order valence-corrected chi connectivity index (χ3v) is 11.8. The van der Waals surface area contributed by atoms with E-state index in [9.17, 15) is 14.0 Å². The number of ketones is 1. The molecule has 3 heterocycles. The van der Waals surface area contributed by atoms with Crippen molar-refractivity contribution in [2.24, 2.45) is 5.92 Å². The van der Waals surface area contributed by atoms with Crippen LogP contribution in [-0.4, -0.2) is 85.1 Å². The van der Waals surface area contributed by atoms with E-state index in [1.54, 1.807) is 30.5 Å². The molecular weight excluding hydrogens is 754 g/mol. The quantitative estimate of drug-likeness (QED) is 0.0929. The zero-order valence-corrected chi connectivity index (χ0v) is 33.9. The van der Waals surface area contributed by atoms with Crippen molar-refractivity contribution in [3.05, 3.63) is 123 Å². The number of nitrogens with zero attached hydrogens (tertiary/aromatic N) is 4. The average Bonchev–Trinajstić information content (AvgIpc) is 3.62. The number of allylic oxidation sites excluding steroid dienone is 3. The van der Waals surface area contributed by atoms with Crippen molar-refractivity contribution in [3.8, 4) is 17.2 Å². The van der Waals surface area contributed by atoms with Gasteiger partial charge in [0.25, 0.3) is 5.91 Å². The number of imidazole rings is 1. The van der Waals surface area contributed by atoms with Gasteiger partial charge in [0.05, 0.1) is 43.3 Å². The molecule has 2 saturated heterocycles. The first-order chi connectivity index (χ1) is 27.1. The van der Waals surface area contributed by atoms with Crippen LogP contribution in [0.3, 0.4) is 0 Å². The lowest BCUT2D eigenvalue weighted by Gasteiger charge is -2.45. The van der Waals surface area contributed by atoms with Gasteiger partial charge in [-0.25, -0.2) is 9.37 Å². The fraction of sp³-hybridized carbons (Fsp3) is 0.386. The summed E-state index contributed by atoms with van der Waals surface area (Å²) in [5, 5.41) is 0.965. The summed E-state index contributed by atoms with van der Waals surface area (Å²) in [5.74, 6) is 1.13. The zero-order valence-electron chi connectivity index (χ0n) is 32.4. The number of benzene rings is 3. The van der Waals surface area contributed by atoms with Crippen LogP contribution in [0.5, 0.6) is 17.2 Å². The smallest absolute Gasteiger partial charge is 0.254 e. The van der Waals surface area contributed by atoms with Crippen LogP contribution in [0.15, 0.2) is 79.0 Å². The average molecular weight is 804 g/mol. The van der Waals surface area contributed by atoms with Crippen molar-refractivity contribution in [3.63, 3.8) is 0 Å². The van der Waals surface area contributed by atoms with Gasteiger partial charge in [-0.3, -0.25) is 9.59 Å². The molecule has 1 amide bonds. The maximum Gasteiger partial charge on any atom is 0.254 e. The van der Waals surface area contributed by atoms with Crippen LogP contribution < -0.4 is 14.2 Å². The second-order valence-electron chi connectivity index (χ2n) is 14.5. The maximum atomic E-state index is 14.2. The summed E-state index contributed by atoms with van der Waals surface area (Å²) < 4.78 is 32.2. The Bertz CT molecular complexity index is 2050. The second-order valence-corrected chi connectivity index (χ2v) is 15.3. The van der Waals surface area contributed by atoms with Gasteiger partial charge in [-0.1, -0.05) is 59.6 Å². The highest BCUT2D eigenvalue weighted by Gasteiger charge is 2.40. The maximum absolute atomic E-state index is 14.2. The highest BCUT2D eigenvalue weighted by molar-refractivity contribution is 6.42. The van der Waals surface area contributed by atoms with E-state index in [1.165, 1.54) is 33.5 Å². The van der Waals surface area contributed by atoms with Crippen molar-refractivity contribution in [1.82, 2.24) is 19.4 Å². The Hall–Kier alpha value is -4.64. The topological polar surface area (TPSA) is 86.1 Å². The van der Waals surface area contributed by atoms with Gasteiger partial charge in [-0.2, -0.15) is 0 Å². The van der Waals surface area contributed by atoms with Crippen molar-refractivity contribution >= 4 is 41.0 Å². The van der Waals surface area contributed by atoms with Crippen LogP contribution >= 0.6 is 23.2 Å². The van der Waals surface area contributed by atoms with Gasteiger partial charge in [0.15, 0.2) is 17.3 Å². The third kappa shape index (κ3) is 9.14. The van der Waals surface area contributed by atoms with Crippen LogP contribution in [0.2, 0.25) is 10.0 Å². The Morgan fingerprint density at radius 1 is 0.929 bits per heavy atom. The molecule has 6 rings (SSSR count). The SMILES string of the molecule is C/C=C/C=C/c1cnc(C(=O)C2CCN(CCC3(c4ccc(Cl)c(Cl)c4)CCCN(C(=O)c4cc(OC)c(OC)c(OC)c4)C3)CC2)n1Cc1ccc(F)cc1. The number of methoxy groups -OCH3 is 3. The minimum absolute atomic E-state index is 0.0259. The molecular formula is C44H49Cl2FN4O5. The summed E-state index contributed by atoms with van der Waals surface area (Å²) in [7, 11) is 4.60. The third-order valence-electron chi connectivity index (χ3n) is 11.1. The number of Topliss-reactive ketones (excluding diaryl/α,β-unsaturated/α-hetero) is 1. The molecule has 0 radical (unpaired) electrons. The summed E-state index contributed by atoms with van der Waals surface area (Å²) in [5.41, 5.74) is 2.82. The van der Waals surface area contributed by atoms with Crippen LogP contribution in [0.1, 0.15) is 76.8 Å². The number of hydrogen-bond donors (Lipinski definition) is 0. The molecule has 0 saturated carbocycles. The zero-order chi connectivity index (χ0) is 39.8. The van der Waals surface area contributed by atoms with Gasteiger partial charge >= 0.3 is 0 Å². The van der Waals surface area contributed by atoms with Crippen LogP contribution in [0, 0.1) is 11.7 Å². The van der Waals surface area contributed by atoms with E-state index in [2.05, 4.69) is 9.88 Å². The lowest BCUT2D eigenvalue weighted by atomic mass is 9.71. The molecule has 12 heteroatoms.